The summed E-state index contributed by atoms with van der Waals surface area (Å²) in [7, 11) is 1.74. The zero-order chi connectivity index (χ0) is 13.5. The maximum atomic E-state index is 5.64. The summed E-state index contributed by atoms with van der Waals surface area (Å²) in [6.45, 7) is 5.19. The van der Waals surface area contributed by atoms with E-state index in [4.69, 9.17) is 15.2 Å². The van der Waals surface area contributed by atoms with Gasteiger partial charge in [0.05, 0.1) is 13.2 Å². The second-order valence-electron chi connectivity index (χ2n) is 4.91. The number of ether oxygens (including phenoxy) is 2. The summed E-state index contributed by atoms with van der Waals surface area (Å²) in [6, 6.07) is 6.54. The van der Waals surface area contributed by atoms with Crippen molar-refractivity contribution in [1.82, 2.24) is 4.90 Å². The molecule has 0 amide bonds. The lowest BCUT2D eigenvalue weighted by molar-refractivity contribution is 0.150. The number of rotatable bonds is 8. The molecule has 4 nitrogen and oxygen atoms in total. The van der Waals surface area contributed by atoms with Gasteiger partial charge < -0.3 is 15.2 Å². The lowest BCUT2D eigenvalue weighted by Gasteiger charge is -2.21. The lowest BCUT2D eigenvalue weighted by Crippen LogP contribution is -2.34. The van der Waals surface area contributed by atoms with Gasteiger partial charge in [0.25, 0.3) is 0 Å². The standard InChI is InChI=1S/C15H24N2O2/c1-18-11-9-17(8-6-16)7-4-13-2-3-15-14(12-13)5-10-19-15/h2-3,12H,4-11,16H2,1H3. The minimum absolute atomic E-state index is 0.696. The zero-order valence-electron chi connectivity index (χ0n) is 11.7. The molecule has 4 heteroatoms. The van der Waals surface area contributed by atoms with Gasteiger partial charge >= 0.3 is 0 Å². The smallest absolute Gasteiger partial charge is 0.122 e. The Hall–Kier alpha value is -1.10. The van der Waals surface area contributed by atoms with Gasteiger partial charge in [0.15, 0.2) is 0 Å². The van der Waals surface area contributed by atoms with Crippen LogP contribution >= 0.6 is 0 Å². The normalized spacial score (nSPS) is 13.6. The summed E-state index contributed by atoms with van der Waals surface area (Å²) < 4.78 is 10.7. The van der Waals surface area contributed by atoms with Crippen LogP contribution in [0.3, 0.4) is 0 Å². The van der Waals surface area contributed by atoms with Gasteiger partial charge in [0, 0.05) is 39.7 Å². The van der Waals surface area contributed by atoms with Crippen LogP contribution in [0.4, 0.5) is 0 Å². The van der Waals surface area contributed by atoms with Crippen molar-refractivity contribution in [3.05, 3.63) is 29.3 Å². The zero-order valence-corrected chi connectivity index (χ0v) is 11.7. The molecule has 1 aliphatic rings. The van der Waals surface area contributed by atoms with Crippen molar-refractivity contribution >= 4 is 0 Å². The number of hydrogen-bond acceptors (Lipinski definition) is 4. The van der Waals surface area contributed by atoms with Crippen LogP contribution < -0.4 is 10.5 Å². The van der Waals surface area contributed by atoms with Gasteiger partial charge in [-0.2, -0.15) is 0 Å². The van der Waals surface area contributed by atoms with Crippen LogP contribution in [0.2, 0.25) is 0 Å². The molecule has 0 fully saturated rings. The Morgan fingerprint density at radius 1 is 1.32 bits per heavy atom. The summed E-state index contributed by atoms with van der Waals surface area (Å²) >= 11 is 0. The van der Waals surface area contributed by atoms with Crippen molar-refractivity contribution in [2.24, 2.45) is 5.73 Å². The molecule has 1 aromatic rings. The molecule has 19 heavy (non-hydrogen) atoms. The molecule has 0 unspecified atom stereocenters. The first-order chi connectivity index (χ1) is 9.33. The third kappa shape index (κ3) is 4.20. The average Bonchev–Trinajstić information content (AvgIpc) is 2.89. The molecular formula is C15H24N2O2. The minimum Gasteiger partial charge on any atom is -0.493 e. The molecule has 0 spiro atoms. The summed E-state index contributed by atoms with van der Waals surface area (Å²) in [6.07, 6.45) is 2.09. The van der Waals surface area contributed by atoms with Crippen molar-refractivity contribution in [1.29, 1.82) is 0 Å². The predicted molar refractivity (Wildman–Crippen MR) is 76.7 cm³/mol. The quantitative estimate of drug-likeness (QED) is 0.763. The maximum Gasteiger partial charge on any atom is 0.122 e. The van der Waals surface area contributed by atoms with E-state index in [1.807, 2.05) is 0 Å². The van der Waals surface area contributed by atoms with Crippen LogP contribution in [0.1, 0.15) is 11.1 Å². The Kier molecular flexibility index (Phi) is 5.63. The number of fused-ring (bicyclic) bond motifs is 1. The highest BCUT2D eigenvalue weighted by Gasteiger charge is 2.12. The van der Waals surface area contributed by atoms with Crippen molar-refractivity contribution in [2.75, 3.05) is 46.5 Å². The van der Waals surface area contributed by atoms with Crippen LogP contribution in [0.15, 0.2) is 18.2 Å². The monoisotopic (exact) mass is 264 g/mol. The molecule has 0 radical (unpaired) electrons. The summed E-state index contributed by atoms with van der Waals surface area (Å²) in [5.74, 6) is 1.06. The number of methoxy groups -OCH3 is 1. The second-order valence-corrected chi connectivity index (χ2v) is 4.91. The van der Waals surface area contributed by atoms with Gasteiger partial charge in [-0.05, 0) is 23.6 Å². The van der Waals surface area contributed by atoms with E-state index in [0.717, 1.165) is 51.4 Å². The van der Waals surface area contributed by atoms with Gasteiger partial charge in [-0.15, -0.1) is 0 Å². The van der Waals surface area contributed by atoms with Gasteiger partial charge in [-0.3, -0.25) is 4.90 Å². The molecule has 1 aromatic carbocycles. The number of nitrogens with zero attached hydrogens (tertiary/aromatic N) is 1. The Bertz CT molecular complexity index is 396. The van der Waals surface area contributed by atoms with Gasteiger partial charge in [-0.1, -0.05) is 12.1 Å². The van der Waals surface area contributed by atoms with E-state index in [1.54, 1.807) is 7.11 Å². The third-order valence-electron chi connectivity index (χ3n) is 3.53. The Morgan fingerprint density at radius 3 is 3.00 bits per heavy atom. The first-order valence-corrected chi connectivity index (χ1v) is 6.99. The van der Waals surface area contributed by atoms with E-state index in [0.29, 0.717) is 6.54 Å². The first kappa shape index (κ1) is 14.3. The molecule has 1 heterocycles. The molecule has 0 bridgehead atoms. The summed E-state index contributed by atoms with van der Waals surface area (Å²) in [5, 5.41) is 0. The predicted octanol–water partition coefficient (Wildman–Crippen LogP) is 1.07. The molecular weight excluding hydrogens is 240 g/mol. The van der Waals surface area contributed by atoms with Crippen molar-refractivity contribution in [2.45, 2.75) is 12.8 Å². The second kappa shape index (κ2) is 7.48. The number of hydrogen-bond donors (Lipinski definition) is 1. The highest BCUT2D eigenvalue weighted by atomic mass is 16.5. The van der Waals surface area contributed by atoms with E-state index in [-0.39, 0.29) is 0 Å². The van der Waals surface area contributed by atoms with E-state index in [2.05, 4.69) is 23.1 Å². The van der Waals surface area contributed by atoms with Crippen molar-refractivity contribution in [3.8, 4) is 5.75 Å². The van der Waals surface area contributed by atoms with Crippen LogP contribution in [0, 0.1) is 0 Å². The average molecular weight is 264 g/mol. The van der Waals surface area contributed by atoms with Crippen LogP contribution in [-0.4, -0.2) is 51.4 Å². The summed E-state index contributed by atoms with van der Waals surface area (Å²) in [4.78, 5) is 2.35. The molecule has 0 saturated carbocycles. The Balaban J connectivity index is 1.85. The fourth-order valence-electron chi connectivity index (χ4n) is 2.42. The first-order valence-electron chi connectivity index (χ1n) is 6.99. The third-order valence-corrected chi connectivity index (χ3v) is 3.53. The largest absolute Gasteiger partial charge is 0.493 e. The molecule has 0 aromatic heterocycles. The van der Waals surface area contributed by atoms with Crippen LogP contribution in [0.5, 0.6) is 5.75 Å². The van der Waals surface area contributed by atoms with Crippen LogP contribution in [0.25, 0.3) is 0 Å². The van der Waals surface area contributed by atoms with E-state index in [9.17, 15) is 0 Å². The topological polar surface area (TPSA) is 47.7 Å². The fraction of sp³-hybridized carbons (Fsp3) is 0.600. The number of nitrogens with two attached hydrogens (primary N) is 1. The maximum absolute atomic E-state index is 5.64. The van der Waals surface area contributed by atoms with Crippen LogP contribution in [-0.2, 0) is 17.6 Å². The number of benzene rings is 1. The minimum atomic E-state index is 0.696. The van der Waals surface area contributed by atoms with E-state index < -0.39 is 0 Å². The van der Waals surface area contributed by atoms with E-state index in [1.165, 1.54) is 11.1 Å². The van der Waals surface area contributed by atoms with Gasteiger partial charge in [-0.25, -0.2) is 0 Å². The highest BCUT2D eigenvalue weighted by molar-refractivity contribution is 5.39. The molecule has 0 saturated heterocycles. The molecule has 106 valence electrons. The van der Waals surface area contributed by atoms with Crippen molar-refractivity contribution < 1.29 is 9.47 Å². The highest BCUT2D eigenvalue weighted by Crippen LogP contribution is 2.25. The lowest BCUT2D eigenvalue weighted by atomic mass is 10.1. The Labute approximate surface area is 115 Å². The Morgan fingerprint density at radius 2 is 2.21 bits per heavy atom. The van der Waals surface area contributed by atoms with Gasteiger partial charge in [0.2, 0.25) is 0 Å². The van der Waals surface area contributed by atoms with Crippen molar-refractivity contribution in [3.63, 3.8) is 0 Å². The van der Waals surface area contributed by atoms with E-state index >= 15 is 0 Å². The SMILES string of the molecule is COCCN(CCN)CCc1ccc2c(c1)CCO2. The molecule has 0 atom stereocenters. The fourth-order valence-corrected chi connectivity index (χ4v) is 2.42. The molecule has 2 rings (SSSR count). The molecule has 1 aliphatic heterocycles. The summed E-state index contributed by atoms with van der Waals surface area (Å²) in [5.41, 5.74) is 8.37. The van der Waals surface area contributed by atoms with Gasteiger partial charge in [0.1, 0.15) is 5.75 Å². The molecule has 0 aliphatic carbocycles. The molecule has 2 N–H and O–H groups in total.